The van der Waals surface area contributed by atoms with Gasteiger partial charge in [0.2, 0.25) is 5.89 Å². The Balaban J connectivity index is 0.00000336. The van der Waals surface area contributed by atoms with Crippen molar-refractivity contribution in [1.82, 2.24) is 30.0 Å². The van der Waals surface area contributed by atoms with E-state index in [0.29, 0.717) is 41.2 Å². The monoisotopic (exact) mass is 497 g/mol. The van der Waals surface area contributed by atoms with Crippen LogP contribution in [-0.4, -0.2) is 56.3 Å². The standard InChI is InChI=1S/C28H29N7O2.H2/c1-19-25(32-23(17-31-19)21-10-11-30-24(16-21)28(2,3)18-29)27-34-33-26(37-27)20-6-8-22(9-7-20)36-15-14-35-12-4-5-13-35;/h6-11,16-17H,4-5,12-15H2,1-3H3;1H. The van der Waals surface area contributed by atoms with Gasteiger partial charge in [-0.25, -0.2) is 4.98 Å². The Morgan fingerprint density at radius 2 is 1.81 bits per heavy atom. The van der Waals surface area contributed by atoms with Crippen molar-refractivity contribution >= 4 is 0 Å². The summed E-state index contributed by atoms with van der Waals surface area (Å²) in [5.74, 6) is 1.50. The van der Waals surface area contributed by atoms with Crippen LogP contribution in [0.2, 0.25) is 0 Å². The first-order chi connectivity index (χ1) is 17.9. The van der Waals surface area contributed by atoms with Crippen molar-refractivity contribution in [3.63, 3.8) is 0 Å². The highest BCUT2D eigenvalue weighted by Crippen LogP contribution is 2.29. The van der Waals surface area contributed by atoms with E-state index in [9.17, 15) is 5.26 Å². The van der Waals surface area contributed by atoms with Crippen LogP contribution < -0.4 is 4.74 Å². The van der Waals surface area contributed by atoms with Gasteiger partial charge < -0.3 is 9.15 Å². The number of nitriles is 1. The van der Waals surface area contributed by atoms with Crippen molar-refractivity contribution in [1.29, 1.82) is 5.26 Å². The fourth-order valence-corrected chi connectivity index (χ4v) is 4.21. The largest absolute Gasteiger partial charge is 0.492 e. The van der Waals surface area contributed by atoms with Gasteiger partial charge in [0.05, 0.1) is 34.8 Å². The molecule has 9 nitrogen and oxygen atoms in total. The Morgan fingerprint density at radius 1 is 1.05 bits per heavy atom. The molecule has 37 heavy (non-hydrogen) atoms. The summed E-state index contributed by atoms with van der Waals surface area (Å²) >= 11 is 0. The molecule has 0 saturated carbocycles. The molecule has 9 heteroatoms. The van der Waals surface area contributed by atoms with E-state index >= 15 is 0 Å². The minimum atomic E-state index is -0.715. The molecule has 0 N–H and O–H groups in total. The van der Waals surface area contributed by atoms with Gasteiger partial charge in [0.25, 0.3) is 5.89 Å². The van der Waals surface area contributed by atoms with Crippen LogP contribution in [0.15, 0.2) is 53.2 Å². The molecule has 1 fully saturated rings. The lowest BCUT2D eigenvalue weighted by Crippen LogP contribution is -2.25. The zero-order chi connectivity index (χ0) is 25.8. The van der Waals surface area contributed by atoms with E-state index < -0.39 is 5.41 Å². The second-order valence-corrected chi connectivity index (χ2v) is 9.69. The zero-order valence-corrected chi connectivity index (χ0v) is 21.3. The van der Waals surface area contributed by atoms with Crippen molar-refractivity contribution in [2.24, 2.45) is 0 Å². The van der Waals surface area contributed by atoms with Crippen LogP contribution in [0.3, 0.4) is 0 Å². The highest BCUT2D eigenvalue weighted by atomic mass is 16.5. The van der Waals surface area contributed by atoms with E-state index in [2.05, 4.69) is 31.1 Å². The van der Waals surface area contributed by atoms with Crippen molar-refractivity contribution in [2.75, 3.05) is 26.2 Å². The maximum atomic E-state index is 9.47. The van der Waals surface area contributed by atoms with Crippen LogP contribution >= 0.6 is 0 Å². The Bertz CT molecular complexity index is 1420. The third kappa shape index (κ3) is 5.49. The number of hydrogen-bond acceptors (Lipinski definition) is 9. The smallest absolute Gasteiger partial charge is 0.268 e. The average molecular weight is 498 g/mol. The van der Waals surface area contributed by atoms with E-state index in [-0.39, 0.29) is 1.43 Å². The van der Waals surface area contributed by atoms with Gasteiger partial charge in [0.1, 0.15) is 18.1 Å². The fourth-order valence-electron chi connectivity index (χ4n) is 4.21. The molecule has 190 valence electrons. The number of benzene rings is 1. The molecule has 0 bridgehead atoms. The molecule has 3 aromatic heterocycles. The summed E-state index contributed by atoms with van der Waals surface area (Å²) in [6, 6.07) is 13.6. The normalized spacial score (nSPS) is 14.0. The minimum Gasteiger partial charge on any atom is -0.492 e. The van der Waals surface area contributed by atoms with E-state index in [1.807, 2.05) is 57.2 Å². The number of ether oxygens (including phenoxy) is 1. The number of aromatic nitrogens is 5. The van der Waals surface area contributed by atoms with Gasteiger partial charge in [-0.05, 0) is 83.1 Å². The lowest BCUT2D eigenvalue weighted by Gasteiger charge is -2.15. The predicted octanol–water partition coefficient (Wildman–Crippen LogP) is 5.09. The zero-order valence-electron chi connectivity index (χ0n) is 21.3. The molecule has 4 heterocycles. The Labute approximate surface area is 217 Å². The first-order valence-corrected chi connectivity index (χ1v) is 12.4. The molecule has 0 amide bonds. The maximum absolute atomic E-state index is 9.47. The van der Waals surface area contributed by atoms with Gasteiger partial charge in [-0.1, -0.05) is 0 Å². The Hall–Kier alpha value is -4.16. The van der Waals surface area contributed by atoms with Crippen LogP contribution in [0.25, 0.3) is 34.3 Å². The first kappa shape index (κ1) is 24.5. The van der Waals surface area contributed by atoms with E-state index in [0.717, 1.165) is 36.5 Å². The quantitative estimate of drug-likeness (QED) is 0.328. The molecular formula is C28H31N7O2. The fraction of sp³-hybridized carbons (Fsp3) is 0.357. The summed E-state index contributed by atoms with van der Waals surface area (Å²) in [5, 5.41) is 17.9. The molecule has 0 atom stereocenters. The van der Waals surface area contributed by atoms with Gasteiger partial charge in [-0.3, -0.25) is 14.9 Å². The van der Waals surface area contributed by atoms with Crippen LogP contribution in [-0.2, 0) is 5.41 Å². The summed E-state index contributed by atoms with van der Waals surface area (Å²) in [6.45, 7) is 9.46. The van der Waals surface area contributed by atoms with E-state index in [1.165, 1.54) is 12.8 Å². The molecule has 0 spiro atoms. The topological polar surface area (TPSA) is 114 Å². The van der Waals surface area contributed by atoms with E-state index in [1.54, 1.807) is 12.4 Å². The number of likely N-dealkylation sites (tertiary alicyclic amines) is 1. The van der Waals surface area contributed by atoms with Crippen molar-refractivity contribution in [3.05, 3.63) is 60.2 Å². The molecule has 0 aliphatic carbocycles. The number of rotatable bonds is 8. The van der Waals surface area contributed by atoms with Crippen molar-refractivity contribution in [3.8, 4) is 46.1 Å². The third-order valence-electron chi connectivity index (χ3n) is 6.53. The number of hydrogen-bond donors (Lipinski definition) is 0. The summed E-state index contributed by atoms with van der Waals surface area (Å²) < 4.78 is 11.9. The SMILES string of the molecule is Cc1ncc(-c2ccnc(C(C)(C)C#N)c2)nc1-c1nnc(-c2ccc(OCCN3CCCC3)cc2)o1.[HH]. The molecule has 1 aliphatic heterocycles. The molecule has 0 radical (unpaired) electrons. The van der Waals surface area contributed by atoms with Gasteiger partial charge in [0, 0.05) is 25.3 Å². The van der Waals surface area contributed by atoms with Crippen molar-refractivity contribution in [2.45, 2.75) is 39.0 Å². The van der Waals surface area contributed by atoms with Crippen LogP contribution in [0.1, 0.15) is 39.5 Å². The highest BCUT2D eigenvalue weighted by Gasteiger charge is 2.22. The Morgan fingerprint density at radius 3 is 2.57 bits per heavy atom. The molecule has 5 rings (SSSR count). The summed E-state index contributed by atoms with van der Waals surface area (Å²) in [6.07, 6.45) is 5.93. The van der Waals surface area contributed by atoms with Crippen LogP contribution in [0.5, 0.6) is 5.75 Å². The average Bonchev–Trinajstić information content (AvgIpc) is 3.62. The molecule has 1 saturated heterocycles. The molecule has 0 unspecified atom stereocenters. The highest BCUT2D eigenvalue weighted by molar-refractivity contribution is 5.64. The van der Waals surface area contributed by atoms with Crippen LogP contribution in [0, 0.1) is 18.3 Å². The van der Waals surface area contributed by atoms with Crippen molar-refractivity contribution < 1.29 is 10.6 Å². The lowest BCUT2D eigenvalue weighted by atomic mass is 9.90. The second-order valence-electron chi connectivity index (χ2n) is 9.69. The van der Waals surface area contributed by atoms with Crippen LogP contribution in [0.4, 0.5) is 0 Å². The first-order valence-electron chi connectivity index (χ1n) is 12.4. The van der Waals surface area contributed by atoms with E-state index in [4.69, 9.17) is 14.1 Å². The lowest BCUT2D eigenvalue weighted by molar-refractivity contribution is 0.238. The number of nitrogens with zero attached hydrogens (tertiary/aromatic N) is 7. The van der Waals surface area contributed by atoms with Gasteiger partial charge in [-0.2, -0.15) is 5.26 Å². The summed E-state index contributed by atoms with van der Waals surface area (Å²) in [5.41, 5.74) is 3.37. The number of aryl methyl sites for hydroxylation is 1. The molecule has 1 aliphatic rings. The Kier molecular flexibility index (Phi) is 6.93. The molecule has 1 aromatic carbocycles. The third-order valence-corrected chi connectivity index (χ3v) is 6.53. The van der Waals surface area contributed by atoms with Gasteiger partial charge >= 0.3 is 0 Å². The predicted molar refractivity (Wildman–Crippen MR) is 141 cm³/mol. The molecular weight excluding hydrogens is 466 g/mol. The second kappa shape index (κ2) is 10.4. The van der Waals surface area contributed by atoms with Gasteiger partial charge in [-0.15, -0.1) is 10.2 Å². The maximum Gasteiger partial charge on any atom is 0.268 e. The summed E-state index contributed by atoms with van der Waals surface area (Å²) in [7, 11) is 0. The molecule has 4 aromatic rings. The van der Waals surface area contributed by atoms with Gasteiger partial charge in [0.15, 0.2) is 0 Å². The summed E-state index contributed by atoms with van der Waals surface area (Å²) in [4.78, 5) is 16.0. The minimum absolute atomic E-state index is 0. The number of pyridine rings is 1.